The van der Waals surface area contributed by atoms with Crippen molar-refractivity contribution in [3.63, 3.8) is 0 Å². The smallest absolute Gasteiger partial charge is 0.167 e. The summed E-state index contributed by atoms with van der Waals surface area (Å²) in [5.74, 6) is 2.35. The minimum atomic E-state index is 0.239. The second-order valence-corrected chi connectivity index (χ2v) is 8.13. The number of amidine groups is 2. The number of fused-ring (bicyclic) bond motifs is 1. The summed E-state index contributed by atoms with van der Waals surface area (Å²) in [6.07, 6.45) is 4.14. The molecule has 28 heavy (non-hydrogen) atoms. The molecule has 0 bridgehead atoms. The number of phenols is 1. The minimum absolute atomic E-state index is 0.239. The Hall–Kier alpha value is -2.54. The maximum atomic E-state index is 9.85. The van der Waals surface area contributed by atoms with Gasteiger partial charge in [0.1, 0.15) is 11.6 Å². The lowest BCUT2D eigenvalue weighted by Gasteiger charge is -2.35. The van der Waals surface area contributed by atoms with Crippen LogP contribution in [-0.2, 0) is 0 Å². The zero-order valence-corrected chi connectivity index (χ0v) is 16.7. The maximum Gasteiger partial charge on any atom is 0.167 e. The van der Waals surface area contributed by atoms with Gasteiger partial charge in [-0.15, -0.1) is 0 Å². The van der Waals surface area contributed by atoms with Gasteiger partial charge in [-0.25, -0.2) is 0 Å². The highest BCUT2D eigenvalue weighted by molar-refractivity contribution is 6.15. The number of hydrogen-bond donors (Lipinski definition) is 4. The van der Waals surface area contributed by atoms with Crippen LogP contribution < -0.4 is 16.5 Å². The fraction of sp³-hybridized carbons (Fsp3) is 0.524. The number of anilines is 1. The first kappa shape index (κ1) is 18.8. The van der Waals surface area contributed by atoms with Crippen LogP contribution >= 0.6 is 0 Å². The van der Waals surface area contributed by atoms with E-state index < -0.39 is 0 Å². The van der Waals surface area contributed by atoms with E-state index in [2.05, 4.69) is 29.6 Å². The van der Waals surface area contributed by atoms with E-state index >= 15 is 0 Å². The van der Waals surface area contributed by atoms with E-state index in [0.717, 1.165) is 67.4 Å². The summed E-state index contributed by atoms with van der Waals surface area (Å²) in [4.78, 5) is 9.82. The molecule has 1 aromatic carbocycles. The normalized spacial score (nSPS) is 26.4. The van der Waals surface area contributed by atoms with Crippen molar-refractivity contribution in [1.29, 1.82) is 0 Å². The predicted molar refractivity (Wildman–Crippen MR) is 113 cm³/mol. The molecule has 3 aliphatic rings. The van der Waals surface area contributed by atoms with E-state index in [-0.39, 0.29) is 11.7 Å². The maximum absolute atomic E-state index is 9.85. The lowest BCUT2D eigenvalue weighted by atomic mass is 9.91. The Morgan fingerprint density at radius 1 is 1.29 bits per heavy atom. The van der Waals surface area contributed by atoms with Crippen LogP contribution in [-0.4, -0.2) is 47.0 Å². The van der Waals surface area contributed by atoms with Crippen molar-refractivity contribution in [2.24, 2.45) is 21.6 Å². The molecule has 0 saturated heterocycles. The third-order valence-electron chi connectivity index (χ3n) is 5.58. The van der Waals surface area contributed by atoms with Gasteiger partial charge in [-0.1, -0.05) is 19.9 Å². The van der Waals surface area contributed by atoms with Gasteiger partial charge >= 0.3 is 0 Å². The molecule has 1 saturated carbocycles. The number of aromatic hydroxyl groups is 1. The summed E-state index contributed by atoms with van der Waals surface area (Å²) in [5.41, 5.74) is 12.5. The molecule has 7 nitrogen and oxygen atoms in total. The summed E-state index contributed by atoms with van der Waals surface area (Å²) >= 11 is 0. The molecular formula is C21H30N6O. The Balaban J connectivity index is 1.72. The fourth-order valence-corrected chi connectivity index (χ4v) is 4.12. The number of aliphatic imine (C=N–C) groups is 2. The van der Waals surface area contributed by atoms with Gasteiger partial charge in [0.25, 0.3) is 0 Å². The molecule has 1 aromatic rings. The lowest BCUT2D eigenvalue weighted by Crippen LogP contribution is -2.52. The number of nitrogens with one attached hydrogen (secondary N) is 2. The molecule has 0 spiro atoms. The van der Waals surface area contributed by atoms with E-state index in [1.807, 2.05) is 12.1 Å². The third kappa shape index (κ3) is 3.85. The number of phenolic OH excluding ortho intramolecular Hbond substituents is 1. The van der Waals surface area contributed by atoms with Gasteiger partial charge in [-0.3, -0.25) is 20.4 Å². The summed E-state index contributed by atoms with van der Waals surface area (Å²) in [6, 6.07) is 7.81. The number of nitrogens with zero attached hydrogens (tertiary/aromatic N) is 3. The molecule has 4 rings (SSSR count). The molecule has 0 unspecified atom stereocenters. The Bertz CT molecular complexity index is 820. The number of benzene rings is 1. The van der Waals surface area contributed by atoms with Crippen molar-refractivity contribution in [3.8, 4) is 5.75 Å². The van der Waals surface area contributed by atoms with Crippen LogP contribution in [0.3, 0.4) is 0 Å². The molecule has 0 radical (unpaired) electrons. The van der Waals surface area contributed by atoms with Crippen molar-refractivity contribution >= 4 is 17.4 Å². The van der Waals surface area contributed by atoms with Crippen molar-refractivity contribution < 1.29 is 5.11 Å². The molecule has 0 amide bonds. The molecule has 1 fully saturated rings. The summed E-state index contributed by atoms with van der Waals surface area (Å²) in [6.45, 7) is 5.93. The van der Waals surface area contributed by atoms with Crippen LogP contribution in [0.2, 0.25) is 0 Å². The van der Waals surface area contributed by atoms with Gasteiger partial charge in [0.2, 0.25) is 0 Å². The molecule has 2 aliphatic heterocycles. The second kappa shape index (κ2) is 7.83. The number of hydrazine groups is 1. The van der Waals surface area contributed by atoms with Gasteiger partial charge < -0.3 is 16.2 Å². The van der Waals surface area contributed by atoms with Crippen molar-refractivity contribution in [2.45, 2.75) is 51.6 Å². The van der Waals surface area contributed by atoms with Gasteiger partial charge in [-0.2, -0.15) is 0 Å². The van der Waals surface area contributed by atoms with Crippen LogP contribution in [0, 0.1) is 5.92 Å². The summed E-state index contributed by atoms with van der Waals surface area (Å²) in [5, 5.41) is 15.4. The van der Waals surface area contributed by atoms with Gasteiger partial charge in [0, 0.05) is 23.4 Å². The first-order valence-corrected chi connectivity index (χ1v) is 10.2. The first-order chi connectivity index (χ1) is 13.5. The molecule has 0 atom stereocenters. The highest BCUT2D eigenvalue weighted by Crippen LogP contribution is 2.29. The van der Waals surface area contributed by atoms with Crippen molar-refractivity contribution in [3.05, 3.63) is 35.5 Å². The van der Waals surface area contributed by atoms with Gasteiger partial charge in [-0.05, 0) is 43.7 Å². The fourth-order valence-electron chi connectivity index (χ4n) is 4.12. The highest BCUT2D eigenvalue weighted by atomic mass is 16.3. The van der Waals surface area contributed by atoms with Gasteiger partial charge in [0.15, 0.2) is 5.84 Å². The number of rotatable bonds is 4. The molecule has 2 heterocycles. The molecule has 150 valence electrons. The first-order valence-electron chi connectivity index (χ1n) is 10.2. The highest BCUT2D eigenvalue weighted by Gasteiger charge is 2.34. The van der Waals surface area contributed by atoms with Crippen LogP contribution in [0.25, 0.3) is 0 Å². The van der Waals surface area contributed by atoms with Crippen LogP contribution in [0.1, 0.15) is 39.5 Å². The van der Waals surface area contributed by atoms with Gasteiger partial charge in [0.05, 0.1) is 24.8 Å². The standard InChI is InChI=1S/C21H30N6O/c1-13(2)18-19(24-16-4-3-5-17(28)12-16)21-23-10-11-27(21)26-20(18)25-15-8-6-14(22)7-9-15/h3-5,12-15,24,28H,6-11,22H2,1-2H3,(H,25,26). The van der Waals surface area contributed by atoms with Crippen LogP contribution in [0.15, 0.2) is 45.5 Å². The van der Waals surface area contributed by atoms with Crippen molar-refractivity contribution in [2.75, 3.05) is 18.4 Å². The number of nitrogens with two attached hydrogens (primary N) is 1. The zero-order chi connectivity index (χ0) is 19.7. The lowest BCUT2D eigenvalue weighted by molar-refractivity contribution is 0.381. The van der Waals surface area contributed by atoms with E-state index in [0.29, 0.717) is 12.1 Å². The SMILES string of the molecule is CC(C)C1=C(Nc2cccc(O)c2)C2=NCCN2NC1=NC1CCC(N)CC1. The monoisotopic (exact) mass is 382 g/mol. The molecule has 5 N–H and O–H groups in total. The van der Waals surface area contributed by atoms with E-state index in [1.165, 1.54) is 0 Å². The third-order valence-corrected chi connectivity index (χ3v) is 5.58. The second-order valence-electron chi connectivity index (χ2n) is 8.13. The summed E-state index contributed by atoms with van der Waals surface area (Å²) in [7, 11) is 0. The largest absolute Gasteiger partial charge is 0.508 e. The minimum Gasteiger partial charge on any atom is -0.508 e. The average Bonchev–Trinajstić information content (AvgIpc) is 3.12. The van der Waals surface area contributed by atoms with E-state index in [9.17, 15) is 5.11 Å². The Kier molecular flexibility index (Phi) is 5.26. The quantitative estimate of drug-likeness (QED) is 0.642. The Morgan fingerprint density at radius 2 is 2.07 bits per heavy atom. The summed E-state index contributed by atoms with van der Waals surface area (Å²) < 4.78 is 0. The Morgan fingerprint density at radius 3 is 2.79 bits per heavy atom. The van der Waals surface area contributed by atoms with E-state index in [1.54, 1.807) is 12.1 Å². The van der Waals surface area contributed by atoms with Crippen LogP contribution in [0.4, 0.5) is 5.69 Å². The van der Waals surface area contributed by atoms with Crippen molar-refractivity contribution in [1.82, 2.24) is 10.4 Å². The van der Waals surface area contributed by atoms with Crippen LogP contribution in [0.5, 0.6) is 5.75 Å². The molecule has 0 aromatic heterocycles. The molecule has 1 aliphatic carbocycles. The molecular weight excluding hydrogens is 352 g/mol. The zero-order valence-electron chi connectivity index (χ0n) is 16.7. The topological polar surface area (TPSA) is 98.3 Å². The average molecular weight is 383 g/mol. The Labute approximate surface area is 166 Å². The molecule has 7 heteroatoms. The predicted octanol–water partition coefficient (Wildman–Crippen LogP) is 2.61. The van der Waals surface area contributed by atoms with E-state index in [4.69, 9.17) is 15.7 Å². The number of hydrogen-bond acceptors (Lipinski definition) is 6.